The Bertz CT molecular complexity index is 488. The molecule has 3 nitrogen and oxygen atoms in total. The van der Waals surface area contributed by atoms with Crippen molar-refractivity contribution < 1.29 is 17.6 Å². The highest BCUT2D eigenvalue weighted by molar-refractivity contribution is 5.74. The smallest absolute Gasteiger partial charge is 0.390 e. The first-order valence-corrected chi connectivity index (χ1v) is 5.67. The van der Waals surface area contributed by atoms with Crippen LogP contribution in [-0.4, -0.2) is 24.2 Å². The van der Waals surface area contributed by atoms with Crippen LogP contribution in [0.15, 0.2) is 28.7 Å². The summed E-state index contributed by atoms with van der Waals surface area (Å²) < 4.78 is 42.0. The predicted octanol–water partition coefficient (Wildman–Crippen LogP) is 3.61. The second kappa shape index (κ2) is 4.88. The summed E-state index contributed by atoms with van der Waals surface area (Å²) in [5.74, 6) is 0. The lowest BCUT2D eigenvalue weighted by Gasteiger charge is -2.18. The van der Waals surface area contributed by atoms with E-state index in [-0.39, 0.29) is 12.6 Å². The van der Waals surface area contributed by atoms with Crippen molar-refractivity contribution in [2.45, 2.75) is 19.5 Å². The number of halogens is 3. The molecule has 0 saturated heterocycles. The molecule has 18 heavy (non-hydrogen) atoms. The number of rotatable bonds is 4. The molecule has 0 radical (unpaired) electrons. The first-order valence-electron chi connectivity index (χ1n) is 5.67. The molecule has 0 aliphatic carbocycles. The molecule has 0 bridgehead atoms. The van der Waals surface area contributed by atoms with E-state index in [1.807, 2.05) is 0 Å². The van der Waals surface area contributed by atoms with Gasteiger partial charge in [0.1, 0.15) is 5.52 Å². The van der Waals surface area contributed by atoms with Crippen molar-refractivity contribution in [3.05, 3.63) is 24.3 Å². The predicted molar refractivity (Wildman–Crippen MR) is 62.6 cm³/mol. The Morgan fingerprint density at radius 2 is 2.00 bits per heavy atom. The minimum Gasteiger partial charge on any atom is -0.423 e. The minimum atomic E-state index is -4.17. The molecule has 2 aromatic rings. The van der Waals surface area contributed by atoms with Gasteiger partial charge in [0, 0.05) is 13.1 Å². The fourth-order valence-corrected chi connectivity index (χ4v) is 1.65. The van der Waals surface area contributed by atoms with E-state index in [1.54, 1.807) is 31.2 Å². The van der Waals surface area contributed by atoms with Crippen molar-refractivity contribution in [1.82, 2.24) is 4.98 Å². The molecule has 0 spiro atoms. The van der Waals surface area contributed by atoms with Crippen LogP contribution in [0.3, 0.4) is 0 Å². The molecule has 2 rings (SSSR count). The quantitative estimate of drug-likeness (QED) is 0.839. The molecule has 0 aliphatic rings. The molecular weight excluding hydrogens is 245 g/mol. The number of hydrogen-bond acceptors (Lipinski definition) is 3. The van der Waals surface area contributed by atoms with E-state index in [4.69, 9.17) is 4.42 Å². The van der Waals surface area contributed by atoms with Crippen molar-refractivity contribution >= 4 is 17.1 Å². The first kappa shape index (κ1) is 12.7. The van der Waals surface area contributed by atoms with E-state index in [0.29, 0.717) is 17.6 Å². The van der Waals surface area contributed by atoms with E-state index in [1.165, 1.54) is 4.90 Å². The van der Waals surface area contributed by atoms with Gasteiger partial charge in [0.2, 0.25) is 0 Å². The van der Waals surface area contributed by atoms with Gasteiger partial charge in [0.25, 0.3) is 6.01 Å². The lowest BCUT2D eigenvalue weighted by molar-refractivity contribution is -0.132. The Labute approximate surface area is 102 Å². The lowest BCUT2D eigenvalue weighted by atomic mass is 10.3. The van der Waals surface area contributed by atoms with Gasteiger partial charge in [0.05, 0.1) is 6.42 Å². The van der Waals surface area contributed by atoms with Crippen LogP contribution in [0, 0.1) is 0 Å². The third-order valence-corrected chi connectivity index (χ3v) is 2.60. The van der Waals surface area contributed by atoms with Crippen molar-refractivity contribution in [1.29, 1.82) is 0 Å². The number of anilines is 1. The Balaban J connectivity index is 2.16. The number of nitrogens with zero attached hydrogens (tertiary/aromatic N) is 2. The Kier molecular flexibility index (Phi) is 3.45. The van der Waals surface area contributed by atoms with E-state index >= 15 is 0 Å². The van der Waals surface area contributed by atoms with Gasteiger partial charge in [-0.1, -0.05) is 12.1 Å². The van der Waals surface area contributed by atoms with E-state index in [2.05, 4.69) is 4.98 Å². The number of hydrogen-bond donors (Lipinski definition) is 0. The van der Waals surface area contributed by atoms with Gasteiger partial charge >= 0.3 is 6.18 Å². The van der Waals surface area contributed by atoms with Gasteiger partial charge < -0.3 is 9.32 Å². The topological polar surface area (TPSA) is 29.3 Å². The molecule has 6 heteroatoms. The summed E-state index contributed by atoms with van der Waals surface area (Å²) in [5, 5.41) is 0. The third kappa shape index (κ3) is 2.94. The van der Waals surface area contributed by atoms with Crippen molar-refractivity contribution in [3.8, 4) is 0 Å². The van der Waals surface area contributed by atoms with Gasteiger partial charge in [-0.25, -0.2) is 0 Å². The van der Waals surface area contributed by atoms with Crippen molar-refractivity contribution in [3.63, 3.8) is 0 Å². The molecule has 1 aromatic heterocycles. The number of benzene rings is 1. The highest BCUT2D eigenvalue weighted by atomic mass is 19.4. The van der Waals surface area contributed by atoms with Crippen molar-refractivity contribution in [2.75, 3.05) is 18.0 Å². The van der Waals surface area contributed by atoms with Gasteiger partial charge in [-0.15, -0.1) is 0 Å². The van der Waals surface area contributed by atoms with Crippen molar-refractivity contribution in [2.24, 2.45) is 0 Å². The number of oxazole rings is 1. The van der Waals surface area contributed by atoms with Crippen LogP contribution in [0.5, 0.6) is 0 Å². The molecule has 0 N–H and O–H groups in total. The van der Waals surface area contributed by atoms with Crippen LogP contribution in [0.25, 0.3) is 11.1 Å². The molecule has 0 fully saturated rings. The number of para-hydroxylation sites is 2. The largest absolute Gasteiger partial charge is 0.423 e. The number of aromatic nitrogens is 1. The average molecular weight is 258 g/mol. The summed E-state index contributed by atoms with van der Waals surface area (Å²) >= 11 is 0. The van der Waals surface area contributed by atoms with Gasteiger partial charge in [-0.3, -0.25) is 0 Å². The van der Waals surface area contributed by atoms with Crippen LogP contribution < -0.4 is 4.90 Å². The van der Waals surface area contributed by atoms with Crippen LogP contribution in [0.2, 0.25) is 0 Å². The molecule has 0 unspecified atom stereocenters. The van der Waals surface area contributed by atoms with E-state index in [9.17, 15) is 13.2 Å². The molecule has 0 amide bonds. The Hall–Kier alpha value is -1.72. The highest BCUT2D eigenvalue weighted by Gasteiger charge is 2.28. The van der Waals surface area contributed by atoms with Gasteiger partial charge in [-0.05, 0) is 19.1 Å². The van der Waals surface area contributed by atoms with Gasteiger partial charge in [-0.2, -0.15) is 18.2 Å². The lowest BCUT2D eigenvalue weighted by Crippen LogP contribution is -2.28. The Morgan fingerprint density at radius 1 is 1.28 bits per heavy atom. The molecule has 98 valence electrons. The van der Waals surface area contributed by atoms with Crippen LogP contribution >= 0.6 is 0 Å². The summed E-state index contributed by atoms with van der Waals surface area (Å²) in [6, 6.07) is 7.34. The zero-order valence-corrected chi connectivity index (χ0v) is 9.87. The van der Waals surface area contributed by atoms with Crippen LogP contribution in [0.4, 0.5) is 19.2 Å². The summed E-state index contributed by atoms with van der Waals surface area (Å²) in [5.41, 5.74) is 1.23. The third-order valence-electron chi connectivity index (χ3n) is 2.60. The summed E-state index contributed by atoms with van der Waals surface area (Å²) in [6.45, 7) is 2.04. The minimum absolute atomic E-state index is 0.146. The SMILES string of the molecule is CCN(CCC(F)(F)F)c1nc2ccccc2o1. The second-order valence-electron chi connectivity index (χ2n) is 3.91. The summed E-state index contributed by atoms with van der Waals surface area (Å²) in [6.07, 6.45) is -5.04. The molecule has 0 saturated carbocycles. The summed E-state index contributed by atoms with van der Waals surface area (Å²) in [4.78, 5) is 5.66. The zero-order chi connectivity index (χ0) is 13.2. The maximum Gasteiger partial charge on any atom is 0.390 e. The molecule has 0 atom stereocenters. The van der Waals surface area contributed by atoms with E-state index < -0.39 is 12.6 Å². The fraction of sp³-hybridized carbons (Fsp3) is 0.417. The van der Waals surface area contributed by atoms with Crippen LogP contribution in [0.1, 0.15) is 13.3 Å². The number of alkyl halides is 3. The molecule has 0 aliphatic heterocycles. The maximum absolute atomic E-state index is 12.2. The molecular formula is C12H13F3N2O. The maximum atomic E-state index is 12.2. The normalized spacial score (nSPS) is 12.0. The monoisotopic (exact) mass is 258 g/mol. The first-order chi connectivity index (χ1) is 8.49. The molecule has 1 aromatic carbocycles. The standard InChI is InChI=1S/C12H13F3N2O/c1-2-17(8-7-12(13,14)15)11-16-9-5-3-4-6-10(9)18-11/h3-6H,2,7-8H2,1H3. The highest BCUT2D eigenvalue weighted by Crippen LogP contribution is 2.24. The molecule has 1 heterocycles. The second-order valence-corrected chi connectivity index (χ2v) is 3.91. The summed E-state index contributed by atoms with van der Waals surface area (Å²) in [7, 11) is 0. The van der Waals surface area contributed by atoms with E-state index in [0.717, 1.165) is 0 Å². The zero-order valence-electron chi connectivity index (χ0n) is 9.87. The number of fused-ring (bicyclic) bond motifs is 1. The van der Waals surface area contributed by atoms with Gasteiger partial charge in [0.15, 0.2) is 5.58 Å². The van der Waals surface area contributed by atoms with Crippen LogP contribution in [-0.2, 0) is 0 Å². The Morgan fingerprint density at radius 3 is 2.61 bits per heavy atom. The average Bonchev–Trinajstić information content (AvgIpc) is 2.71. The fourth-order valence-electron chi connectivity index (χ4n) is 1.65.